The molecule has 1 heterocycles. The molecule has 148 valence electrons. The number of halogens is 2. The van der Waals surface area contributed by atoms with Gasteiger partial charge in [-0.3, -0.25) is 0 Å². The number of allylic oxidation sites excluding steroid dienone is 2. The lowest BCUT2D eigenvalue weighted by Crippen LogP contribution is -2.28. The first-order valence-corrected chi connectivity index (χ1v) is 10.2. The zero-order chi connectivity index (χ0) is 20.8. The predicted octanol–water partition coefficient (Wildman–Crippen LogP) is 3.56. The molecule has 1 aliphatic heterocycles. The number of rotatable bonds is 5. The second-order valence-corrected chi connectivity index (χ2v) is 7.65. The van der Waals surface area contributed by atoms with Crippen LogP contribution in [0.15, 0.2) is 47.8 Å². The summed E-state index contributed by atoms with van der Waals surface area (Å²) in [6, 6.07) is 3.32. The number of benzene rings is 1. The Hall–Kier alpha value is -1.89. The summed E-state index contributed by atoms with van der Waals surface area (Å²) in [5.74, 6) is -1.80. The van der Waals surface area contributed by atoms with Crippen molar-refractivity contribution in [3.05, 3.63) is 60.5 Å². The third-order valence-electron chi connectivity index (χ3n) is 3.66. The average molecular weight is 609 g/mol. The summed E-state index contributed by atoms with van der Waals surface area (Å²) >= 11 is 4.14. The van der Waals surface area contributed by atoms with Gasteiger partial charge in [0.05, 0.1) is 37.7 Å². The van der Waals surface area contributed by atoms with Gasteiger partial charge in [0, 0.05) is 13.3 Å². The lowest BCUT2D eigenvalue weighted by atomic mass is 10.1. The molecule has 0 unspecified atom stereocenters. The Balaban J connectivity index is 2.68. The molecule has 28 heavy (non-hydrogen) atoms. The van der Waals surface area contributed by atoms with Crippen LogP contribution in [-0.4, -0.2) is 38.7 Å². The molecule has 9 heteroatoms. The first kappa shape index (κ1) is 22.4. The van der Waals surface area contributed by atoms with Crippen molar-refractivity contribution in [3.8, 4) is 0 Å². The summed E-state index contributed by atoms with van der Waals surface area (Å²) in [4.78, 5) is 38.4. The van der Waals surface area contributed by atoms with Crippen LogP contribution in [0.3, 0.4) is 0 Å². The molecule has 1 aromatic rings. The summed E-state index contributed by atoms with van der Waals surface area (Å²) in [5, 5.41) is 0. The quantitative estimate of drug-likeness (QED) is 0.287. The maximum absolute atomic E-state index is 12.5. The van der Waals surface area contributed by atoms with E-state index in [0.29, 0.717) is 18.4 Å². The van der Waals surface area contributed by atoms with Gasteiger partial charge in [-0.2, -0.15) is 0 Å². The fraction of sp³-hybridized carbons (Fsp3) is 0.211. The Labute approximate surface area is 189 Å². The zero-order valence-corrected chi connectivity index (χ0v) is 19.6. The summed E-state index contributed by atoms with van der Waals surface area (Å²) < 4.78 is 16.1. The van der Waals surface area contributed by atoms with Crippen LogP contribution in [0.2, 0.25) is 0 Å². The fourth-order valence-electron chi connectivity index (χ4n) is 2.46. The van der Waals surface area contributed by atoms with Crippen LogP contribution in [0.4, 0.5) is 5.69 Å². The van der Waals surface area contributed by atoms with Gasteiger partial charge in [-0.05, 0) is 76.4 Å². The molecule has 0 N–H and O–H groups in total. The lowest BCUT2D eigenvalue weighted by Gasteiger charge is -2.25. The number of anilines is 1. The van der Waals surface area contributed by atoms with E-state index in [2.05, 4.69) is 45.2 Å². The second-order valence-electron chi connectivity index (χ2n) is 5.33. The molecule has 0 saturated heterocycles. The molecule has 0 atom stereocenters. The highest BCUT2D eigenvalue weighted by atomic mass is 127. The van der Waals surface area contributed by atoms with Crippen molar-refractivity contribution >= 4 is 68.8 Å². The van der Waals surface area contributed by atoms with Gasteiger partial charge in [-0.1, -0.05) is 6.08 Å². The number of methoxy groups -OCH3 is 2. The van der Waals surface area contributed by atoms with Crippen molar-refractivity contribution < 1.29 is 28.6 Å². The molecule has 0 spiro atoms. The van der Waals surface area contributed by atoms with Crippen LogP contribution < -0.4 is 4.90 Å². The predicted molar refractivity (Wildman–Crippen MR) is 120 cm³/mol. The Morgan fingerprint density at radius 2 is 1.57 bits per heavy atom. The summed E-state index contributed by atoms with van der Waals surface area (Å²) in [7, 11) is 2.48. The highest BCUT2D eigenvalue weighted by Crippen LogP contribution is 2.35. The standard InChI is InChI=1S/C19H17I2NO6/c1-4-28-17(23)11-9-13(20)16(14(21)10-11)22-8-6-5-7-12(18(24)26-2)15(22)19(25)27-3/h5-10H,4H2,1-3H3. The maximum Gasteiger partial charge on any atom is 0.355 e. The molecule has 1 aromatic carbocycles. The normalized spacial score (nSPS) is 13.2. The van der Waals surface area contributed by atoms with E-state index in [-0.39, 0.29) is 17.9 Å². The minimum atomic E-state index is -0.697. The molecule has 2 rings (SSSR count). The summed E-state index contributed by atoms with van der Waals surface area (Å²) in [5.41, 5.74) is 1.09. The molecule has 0 aromatic heterocycles. The number of carbonyl (C=O) groups excluding carboxylic acids is 3. The van der Waals surface area contributed by atoms with Gasteiger partial charge in [0.1, 0.15) is 5.70 Å². The minimum absolute atomic E-state index is 0.0130. The van der Waals surface area contributed by atoms with E-state index in [1.165, 1.54) is 20.3 Å². The SMILES string of the molecule is CCOC(=O)c1cc(I)c(N2C=CC=CC(C(=O)OC)=C2C(=O)OC)c(I)c1. The molecule has 0 radical (unpaired) electrons. The van der Waals surface area contributed by atoms with Crippen LogP contribution in [0, 0.1) is 7.14 Å². The Morgan fingerprint density at radius 3 is 2.11 bits per heavy atom. The first-order chi connectivity index (χ1) is 13.3. The van der Waals surface area contributed by atoms with Crippen LogP contribution >= 0.6 is 45.2 Å². The van der Waals surface area contributed by atoms with Gasteiger partial charge >= 0.3 is 17.9 Å². The van der Waals surface area contributed by atoms with Gasteiger partial charge in [0.15, 0.2) is 0 Å². The Bertz CT molecular complexity index is 881. The minimum Gasteiger partial charge on any atom is -0.465 e. The number of hydrogen-bond donors (Lipinski definition) is 0. The van der Waals surface area contributed by atoms with E-state index in [0.717, 1.165) is 0 Å². The first-order valence-electron chi connectivity index (χ1n) is 8.06. The Morgan fingerprint density at radius 1 is 0.964 bits per heavy atom. The molecule has 0 bridgehead atoms. The third kappa shape index (κ3) is 4.74. The smallest absolute Gasteiger partial charge is 0.355 e. The molecule has 0 amide bonds. The number of carbonyl (C=O) groups is 3. The molecule has 0 aliphatic carbocycles. The molecule has 7 nitrogen and oxygen atoms in total. The van der Waals surface area contributed by atoms with Gasteiger partial charge < -0.3 is 19.1 Å². The molecule has 0 fully saturated rings. The van der Waals surface area contributed by atoms with Crippen molar-refractivity contribution in [1.29, 1.82) is 0 Å². The van der Waals surface area contributed by atoms with Crippen molar-refractivity contribution in [2.75, 3.05) is 25.7 Å². The van der Waals surface area contributed by atoms with Crippen molar-refractivity contribution in [2.45, 2.75) is 6.92 Å². The van der Waals surface area contributed by atoms with E-state index in [1.807, 2.05) is 0 Å². The van der Waals surface area contributed by atoms with E-state index in [9.17, 15) is 14.4 Å². The topological polar surface area (TPSA) is 82.1 Å². The van der Waals surface area contributed by atoms with Gasteiger partial charge in [-0.25, -0.2) is 14.4 Å². The number of esters is 3. The van der Waals surface area contributed by atoms with Gasteiger partial charge in [-0.15, -0.1) is 0 Å². The monoisotopic (exact) mass is 609 g/mol. The largest absolute Gasteiger partial charge is 0.465 e. The maximum atomic E-state index is 12.5. The van der Waals surface area contributed by atoms with E-state index in [1.54, 1.807) is 42.3 Å². The van der Waals surface area contributed by atoms with Crippen LogP contribution in [0.1, 0.15) is 17.3 Å². The van der Waals surface area contributed by atoms with Crippen molar-refractivity contribution in [1.82, 2.24) is 0 Å². The number of ether oxygens (including phenoxy) is 3. The van der Waals surface area contributed by atoms with Gasteiger partial charge in [0.2, 0.25) is 0 Å². The van der Waals surface area contributed by atoms with Crippen LogP contribution in [0.5, 0.6) is 0 Å². The molecular weight excluding hydrogens is 592 g/mol. The van der Waals surface area contributed by atoms with Crippen molar-refractivity contribution in [3.63, 3.8) is 0 Å². The van der Waals surface area contributed by atoms with E-state index in [4.69, 9.17) is 14.2 Å². The average Bonchev–Trinajstić information content (AvgIpc) is 2.89. The lowest BCUT2D eigenvalue weighted by molar-refractivity contribution is -0.139. The third-order valence-corrected chi connectivity index (χ3v) is 5.30. The van der Waals surface area contributed by atoms with E-state index < -0.39 is 17.9 Å². The highest BCUT2D eigenvalue weighted by molar-refractivity contribution is 14.1. The number of nitrogens with zero attached hydrogens (tertiary/aromatic N) is 1. The van der Waals surface area contributed by atoms with Crippen molar-refractivity contribution in [2.24, 2.45) is 0 Å². The number of hydrogen-bond acceptors (Lipinski definition) is 7. The molecule has 0 saturated carbocycles. The summed E-state index contributed by atoms with van der Waals surface area (Å²) in [6.07, 6.45) is 6.44. The van der Waals surface area contributed by atoms with Gasteiger partial charge in [0.25, 0.3) is 0 Å². The Kier molecular flexibility index (Phi) is 8.04. The van der Waals surface area contributed by atoms with E-state index >= 15 is 0 Å². The zero-order valence-electron chi connectivity index (χ0n) is 15.3. The fourth-order valence-corrected chi connectivity index (χ4v) is 4.75. The van der Waals surface area contributed by atoms with Crippen LogP contribution in [0.25, 0.3) is 0 Å². The molecular formula is C19H17I2NO6. The molecule has 1 aliphatic rings. The second kappa shape index (κ2) is 10.0. The van der Waals surface area contributed by atoms with Crippen LogP contribution in [-0.2, 0) is 23.8 Å². The summed E-state index contributed by atoms with van der Waals surface area (Å²) in [6.45, 7) is 2.00. The highest BCUT2D eigenvalue weighted by Gasteiger charge is 2.30.